The van der Waals surface area contributed by atoms with E-state index in [1.165, 1.54) is 7.11 Å². The number of nitrogens with zero attached hydrogens (tertiary/aromatic N) is 1. The highest BCUT2D eigenvalue weighted by atomic mass is 16.7. The fraction of sp³-hybridized carbons (Fsp3) is 0.429. The van der Waals surface area contributed by atoms with E-state index in [1.54, 1.807) is 32.2 Å². The number of hydrogen-bond donors (Lipinski definition) is 1. The Morgan fingerprint density at radius 2 is 1.69 bits per heavy atom. The van der Waals surface area contributed by atoms with Gasteiger partial charge in [0.25, 0.3) is 5.56 Å². The number of ether oxygens (including phenoxy) is 2. The predicted molar refractivity (Wildman–Crippen MR) is 111 cm³/mol. The number of hydrogen-bond acceptors (Lipinski definition) is 6. The molecule has 3 rings (SSSR count). The summed E-state index contributed by atoms with van der Waals surface area (Å²) in [6.07, 6.45) is 0. The second-order valence-corrected chi connectivity index (χ2v) is 8.06. The maximum atomic E-state index is 12.4. The van der Waals surface area contributed by atoms with Crippen LogP contribution in [0.15, 0.2) is 23.0 Å². The molecule has 1 N–H and O–H groups in total. The molecule has 1 fully saturated rings. The molecule has 2 heterocycles. The Kier molecular flexibility index (Phi) is 5.24. The smallest absolute Gasteiger partial charge is 0.495 e. The molecule has 1 aliphatic rings. The number of aryl methyl sites for hydroxylation is 1. The lowest BCUT2D eigenvalue weighted by atomic mass is 9.73. The molecule has 0 bridgehead atoms. The van der Waals surface area contributed by atoms with Crippen LogP contribution in [0.5, 0.6) is 11.5 Å². The first kappa shape index (κ1) is 21.0. The number of pyridine rings is 1. The van der Waals surface area contributed by atoms with E-state index < -0.39 is 23.9 Å². The Labute approximate surface area is 170 Å². The maximum Gasteiger partial charge on any atom is 0.495 e. The lowest BCUT2D eigenvalue weighted by Crippen LogP contribution is -2.41. The second kappa shape index (κ2) is 7.25. The summed E-state index contributed by atoms with van der Waals surface area (Å²) < 4.78 is 23.5. The van der Waals surface area contributed by atoms with Gasteiger partial charge >= 0.3 is 7.12 Å². The molecule has 8 heteroatoms. The first-order valence-corrected chi connectivity index (χ1v) is 9.30. The van der Waals surface area contributed by atoms with E-state index in [-0.39, 0.29) is 5.56 Å². The van der Waals surface area contributed by atoms with Gasteiger partial charge in [-0.2, -0.15) is 5.26 Å². The van der Waals surface area contributed by atoms with Crippen LogP contribution in [0.4, 0.5) is 0 Å². The van der Waals surface area contributed by atoms with Crippen molar-refractivity contribution >= 4 is 12.6 Å². The van der Waals surface area contributed by atoms with Crippen molar-refractivity contribution in [2.75, 3.05) is 14.2 Å². The van der Waals surface area contributed by atoms with E-state index in [4.69, 9.17) is 18.8 Å². The highest BCUT2D eigenvalue weighted by Crippen LogP contribution is 2.40. The van der Waals surface area contributed by atoms with Crippen LogP contribution < -0.4 is 20.5 Å². The zero-order valence-electron chi connectivity index (χ0n) is 17.8. The largest absolute Gasteiger partial charge is 0.497 e. The molecule has 1 aliphatic heterocycles. The number of nitrogens with one attached hydrogen (secondary N) is 1. The molecule has 0 atom stereocenters. The van der Waals surface area contributed by atoms with Gasteiger partial charge < -0.3 is 23.8 Å². The van der Waals surface area contributed by atoms with Crippen LogP contribution in [-0.4, -0.2) is 37.5 Å². The fourth-order valence-electron chi connectivity index (χ4n) is 3.33. The lowest BCUT2D eigenvalue weighted by Gasteiger charge is -2.32. The second-order valence-electron chi connectivity index (χ2n) is 8.06. The molecule has 152 valence electrons. The van der Waals surface area contributed by atoms with E-state index in [9.17, 15) is 10.1 Å². The molecule has 1 aromatic carbocycles. The number of aromatic nitrogens is 1. The molecule has 0 radical (unpaired) electrons. The van der Waals surface area contributed by atoms with Crippen molar-refractivity contribution in [3.8, 4) is 28.7 Å². The number of rotatable bonds is 4. The summed E-state index contributed by atoms with van der Waals surface area (Å²) in [5.41, 5.74) is 0.691. The highest BCUT2D eigenvalue weighted by Gasteiger charge is 2.52. The van der Waals surface area contributed by atoms with E-state index >= 15 is 0 Å². The summed E-state index contributed by atoms with van der Waals surface area (Å²) in [5, 5.41) is 9.64. The molecule has 7 nitrogen and oxygen atoms in total. The molecule has 2 aromatic rings. The Bertz CT molecular complexity index is 1040. The first-order valence-electron chi connectivity index (χ1n) is 9.30. The van der Waals surface area contributed by atoms with Gasteiger partial charge in [-0.05, 0) is 52.2 Å². The average Bonchev–Trinajstić information content (AvgIpc) is 2.87. The Morgan fingerprint density at radius 1 is 1.07 bits per heavy atom. The third kappa shape index (κ3) is 3.52. The van der Waals surface area contributed by atoms with E-state index in [0.29, 0.717) is 33.8 Å². The Balaban J connectivity index is 2.34. The minimum Gasteiger partial charge on any atom is -0.497 e. The van der Waals surface area contributed by atoms with Gasteiger partial charge in [0.2, 0.25) is 0 Å². The number of benzene rings is 1. The van der Waals surface area contributed by atoms with Crippen molar-refractivity contribution in [2.45, 2.75) is 45.8 Å². The third-order valence-corrected chi connectivity index (χ3v) is 5.62. The average molecular weight is 396 g/mol. The minimum atomic E-state index is -0.731. The lowest BCUT2D eigenvalue weighted by molar-refractivity contribution is 0.00578. The van der Waals surface area contributed by atoms with Crippen LogP contribution in [0.3, 0.4) is 0 Å². The van der Waals surface area contributed by atoms with E-state index in [2.05, 4.69) is 4.98 Å². The maximum absolute atomic E-state index is 12.4. The van der Waals surface area contributed by atoms with E-state index in [0.717, 1.165) is 0 Å². The summed E-state index contributed by atoms with van der Waals surface area (Å²) >= 11 is 0. The van der Waals surface area contributed by atoms with Gasteiger partial charge in [-0.25, -0.2) is 0 Å². The van der Waals surface area contributed by atoms with Crippen LogP contribution in [0.2, 0.25) is 0 Å². The van der Waals surface area contributed by atoms with Gasteiger partial charge in [-0.15, -0.1) is 0 Å². The van der Waals surface area contributed by atoms with Gasteiger partial charge in [-0.1, -0.05) is 0 Å². The van der Waals surface area contributed by atoms with Crippen molar-refractivity contribution in [1.29, 1.82) is 5.26 Å². The van der Waals surface area contributed by atoms with Crippen LogP contribution >= 0.6 is 0 Å². The normalized spacial score (nSPS) is 17.1. The molecule has 0 aliphatic carbocycles. The molecule has 1 saturated heterocycles. The van der Waals surface area contributed by atoms with Gasteiger partial charge in [0.1, 0.15) is 23.1 Å². The number of aromatic amines is 1. The Hall–Kier alpha value is -2.76. The molecule has 0 amide bonds. The van der Waals surface area contributed by atoms with Crippen molar-refractivity contribution in [3.63, 3.8) is 0 Å². The quantitative estimate of drug-likeness (QED) is 0.799. The van der Waals surface area contributed by atoms with Crippen molar-refractivity contribution in [2.24, 2.45) is 0 Å². The topological polar surface area (TPSA) is 93.6 Å². The zero-order chi connectivity index (χ0) is 21.6. The van der Waals surface area contributed by atoms with Crippen LogP contribution in [0.25, 0.3) is 11.1 Å². The first-order chi connectivity index (χ1) is 13.5. The third-order valence-electron chi connectivity index (χ3n) is 5.62. The molecular formula is C21H25BN2O5. The van der Waals surface area contributed by atoms with Gasteiger partial charge in [-0.3, -0.25) is 4.79 Å². The van der Waals surface area contributed by atoms with Crippen molar-refractivity contribution in [3.05, 3.63) is 39.8 Å². The molecule has 29 heavy (non-hydrogen) atoms. The summed E-state index contributed by atoms with van der Waals surface area (Å²) in [4.78, 5) is 15.1. The predicted octanol–water partition coefficient (Wildman–Crippen LogP) is 2.54. The minimum absolute atomic E-state index is 0.00293. The summed E-state index contributed by atoms with van der Waals surface area (Å²) in [6.45, 7) is 9.60. The number of methoxy groups -OCH3 is 2. The van der Waals surface area contributed by atoms with Crippen LogP contribution in [0, 0.1) is 18.3 Å². The van der Waals surface area contributed by atoms with E-state index in [1.807, 2.05) is 33.8 Å². The summed E-state index contributed by atoms with van der Waals surface area (Å²) in [7, 11) is 2.35. The van der Waals surface area contributed by atoms with Crippen molar-refractivity contribution in [1.82, 2.24) is 4.98 Å². The highest BCUT2D eigenvalue weighted by molar-refractivity contribution is 6.64. The molecule has 1 aromatic heterocycles. The fourth-order valence-corrected chi connectivity index (χ4v) is 3.33. The number of H-pyrrole nitrogens is 1. The van der Waals surface area contributed by atoms with Gasteiger partial charge in [0.15, 0.2) is 0 Å². The standard InChI is InChI=1S/C21H25BN2O5/c1-12-8-14(15(11-23)19(25)24-12)18-16(9-13(26-6)10-17(18)27-7)22-28-20(2,3)21(4,5)29-22/h8-10H,1-7H3,(H,24,25). The zero-order valence-corrected chi connectivity index (χ0v) is 17.8. The van der Waals surface area contributed by atoms with Gasteiger partial charge in [0, 0.05) is 22.9 Å². The summed E-state index contributed by atoms with van der Waals surface area (Å²) in [6, 6.07) is 7.26. The van der Waals surface area contributed by atoms with Crippen LogP contribution in [0.1, 0.15) is 39.0 Å². The molecule has 0 spiro atoms. The Morgan fingerprint density at radius 3 is 2.21 bits per heavy atom. The monoisotopic (exact) mass is 396 g/mol. The SMILES string of the molecule is COc1cc(OC)c(-c2cc(C)[nH]c(=O)c2C#N)c(B2OC(C)(C)C(C)(C)O2)c1. The molecule has 0 unspecified atom stereocenters. The van der Waals surface area contributed by atoms with Gasteiger partial charge in [0.05, 0.1) is 25.4 Å². The van der Waals surface area contributed by atoms with Crippen LogP contribution in [-0.2, 0) is 9.31 Å². The molecular weight excluding hydrogens is 371 g/mol. The molecule has 0 saturated carbocycles. The summed E-state index contributed by atoms with van der Waals surface area (Å²) in [5.74, 6) is 1.01. The number of nitriles is 1. The van der Waals surface area contributed by atoms with Crippen molar-refractivity contribution < 1.29 is 18.8 Å².